The first kappa shape index (κ1) is 82.2. The second-order valence-corrected chi connectivity index (χ2v) is 29.9. The number of urea groups is 1. The summed E-state index contributed by atoms with van der Waals surface area (Å²) < 4.78 is 78.5. The number of nitrogens with zero attached hydrogens (tertiary/aromatic N) is 12. The second-order valence-electron chi connectivity index (χ2n) is 22.1. The van der Waals surface area contributed by atoms with Gasteiger partial charge in [0.2, 0.25) is 39.7 Å². The molecule has 0 spiro atoms. The van der Waals surface area contributed by atoms with E-state index in [0.29, 0.717) is 51.4 Å². The molecule has 2 aromatic carbocycles. The summed E-state index contributed by atoms with van der Waals surface area (Å²) in [5.41, 5.74) is 1.21. The highest BCUT2D eigenvalue weighted by Gasteiger charge is 2.34. The van der Waals surface area contributed by atoms with Crippen LogP contribution in [0.2, 0.25) is 5.28 Å². The van der Waals surface area contributed by atoms with Crippen molar-refractivity contribution in [2.45, 2.75) is 76.5 Å². The Balaban J connectivity index is 0.000000268. The lowest BCUT2D eigenvalue weighted by Gasteiger charge is -2.35. The fourth-order valence-electron chi connectivity index (χ4n) is 8.18. The smallest absolute Gasteiger partial charge is 0.335 e. The largest absolute Gasteiger partial charge is 0.778 e. The molecule has 0 saturated carbocycles. The quantitative estimate of drug-likeness (QED) is 0.0260. The minimum absolute atomic E-state index is 0.0672. The number of halogens is 4. The topological polar surface area (TPSA) is 414 Å². The van der Waals surface area contributed by atoms with E-state index in [9.17, 15) is 46.2 Å². The third-order valence-corrected chi connectivity index (χ3v) is 15.3. The molecule has 3 aliphatic heterocycles. The van der Waals surface area contributed by atoms with Crippen molar-refractivity contribution in [3.8, 4) is 35.6 Å². The van der Waals surface area contributed by atoms with Gasteiger partial charge in [0, 0.05) is 63.4 Å². The minimum atomic E-state index is -4.46. The van der Waals surface area contributed by atoms with Gasteiger partial charge in [-0.2, -0.15) is 37.7 Å². The maximum atomic E-state index is 14.5. The van der Waals surface area contributed by atoms with Gasteiger partial charge in [-0.1, -0.05) is 55.1 Å². The molecule has 2 unspecified atom stereocenters. The van der Waals surface area contributed by atoms with Gasteiger partial charge in [0.25, 0.3) is 27.7 Å². The number of terminal acetylenes is 1. The first-order valence-electron chi connectivity index (χ1n) is 28.9. The summed E-state index contributed by atoms with van der Waals surface area (Å²) in [6, 6.07) is 13.2. The van der Waals surface area contributed by atoms with Gasteiger partial charge in [-0.05, 0) is 85.9 Å². The summed E-state index contributed by atoms with van der Waals surface area (Å²) in [5.74, 6) is 2.45. The number of nitrogens with one attached hydrogen (secondary N) is 5. The van der Waals surface area contributed by atoms with E-state index in [1.807, 2.05) is 61.8 Å². The fraction of sp³-hybridized carbons (Fsp3) is 0.431. The molecule has 9 rings (SSSR count). The van der Waals surface area contributed by atoms with Crippen LogP contribution in [-0.2, 0) is 52.8 Å². The van der Waals surface area contributed by atoms with Gasteiger partial charge in [0.05, 0.1) is 81.4 Å². The zero-order valence-electron chi connectivity index (χ0n) is 55.5. The van der Waals surface area contributed by atoms with Crippen molar-refractivity contribution in [1.82, 2.24) is 53.8 Å². The van der Waals surface area contributed by atoms with Crippen LogP contribution in [0.3, 0.4) is 0 Å². The van der Waals surface area contributed by atoms with E-state index < -0.39 is 64.0 Å². The Morgan fingerprint density at radius 2 is 1.63 bits per heavy atom. The molecule has 6 aromatic rings. The first-order valence-corrected chi connectivity index (χ1v) is 36.6. The molecule has 32 nitrogen and oxygen atoms in total. The normalized spacial score (nSPS) is 14.6. The van der Waals surface area contributed by atoms with Gasteiger partial charge in [-0.15, -0.1) is 6.42 Å². The molecule has 3 aliphatic rings. The summed E-state index contributed by atoms with van der Waals surface area (Å²) in [6.07, 6.45) is 13.3. The maximum Gasteiger partial charge on any atom is 0.335 e. The Morgan fingerprint density at radius 1 is 0.990 bits per heavy atom. The molecule has 4 aromatic heterocycles. The Bertz CT molecular complexity index is 4010. The number of amides is 5. The monoisotopic (exact) mass is 1500 g/mol. The van der Waals surface area contributed by atoms with Crippen LogP contribution >= 0.6 is 53.9 Å². The summed E-state index contributed by atoms with van der Waals surface area (Å²) in [7, 11) is -2.56. The molecule has 0 fully saturated rings. The molecule has 7 N–H and O–H groups in total. The average Bonchev–Trinajstić information content (AvgIpc) is 1.84. The minimum Gasteiger partial charge on any atom is -0.778 e. The van der Waals surface area contributed by atoms with E-state index in [1.165, 1.54) is 86.2 Å². The van der Waals surface area contributed by atoms with Crippen LogP contribution in [-0.4, -0.2) is 195 Å². The van der Waals surface area contributed by atoms with Gasteiger partial charge in [0.15, 0.2) is 22.3 Å². The number of carboxylic acids is 1. The molecule has 534 valence electrons. The number of ether oxygens (including phenoxy) is 4. The van der Waals surface area contributed by atoms with E-state index in [4.69, 9.17) is 70.2 Å². The number of aliphatic carboxylic acids is 1. The number of hydrogen-bond acceptors (Lipinski definition) is 25. The van der Waals surface area contributed by atoms with E-state index in [2.05, 4.69) is 93.8 Å². The molecule has 40 heteroatoms. The molecule has 0 saturated heterocycles. The highest BCUT2D eigenvalue weighted by atomic mass is 35.5. The maximum absolute atomic E-state index is 14.5. The van der Waals surface area contributed by atoms with Crippen molar-refractivity contribution in [2.24, 2.45) is 10.4 Å². The third kappa shape index (κ3) is 26.2. The number of hydrogen-bond donors (Lipinski definition) is 7. The lowest BCUT2D eigenvalue weighted by Crippen LogP contribution is -2.47. The van der Waals surface area contributed by atoms with Crippen molar-refractivity contribution in [2.75, 3.05) is 112 Å². The molecule has 0 radical (unpaired) electrons. The van der Waals surface area contributed by atoms with Crippen LogP contribution < -0.4 is 64.4 Å². The number of sulfonamides is 1. The first-order chi connectivity index (χ1) is 45.9. The van der Waals surface area contributed by atoms with Crippen LogP contribution in [0.1, 0.15) is 57.7 Å². The van der Waals surface area contributed by atoms with Gasteiger partial charge in [-0.3, -0.25) is 34.7 Å². The number of anilines is 5. The van der Waals surface area contributed by atoms with Gasteiger partial charge >= 0.3 is 12.0 Å². The standard InChI is InChI=1S/C18H17FN4O2S.C15H18N6O6S.C11H11Cl2NO2.C8H14ClN5.C3H8NO5P.C3H9S/c1-4-5-22-13-7-12(11(19)6-14(13)25-9-16(22)24)20-17-23-10-18(2,3)8-15(23)21-26-17;1-21(2)13(22)9-6-5-7-16-12(9)28(24,25)20-15(23)19-14-17-10(26-3)8-11(18-14)27-4;1-7-6-16-9-5-3-2-4-8(9)14(7)11(15)10(12)13;1-4-10-7-12-6(9)13-8(14-7)11-5(2)3;5-3(6)1-4-2-10(7,8)9;1-4(2)3/h1,6-7H,5,8-10H2,2-3H3;5-8H,1-4H3,(H2,17,18,19,20,23);2-5,7,10H,6H2,1H3;5H,4H2,1-3H3,(H2,10,11,12,13,14);4H,1-2H2,(H,5,6)(H2,7,8,9);1-3H3/q;;;;;+1/p-1. The summed E-state index contributed by atoms with van der Waals surface area (Å²) >= 11 is 18.2. The number of benzene rings is 2. The van der Waals surface area contributed by atoms with E-state index >= 15 is 0 Å². The number of rotatable bonds is 17. The number of carbonyl (C=O) groups excluding carboxylic acids is 4. The Labute approximate surface area is 587 Å². The predicted octanol–water partition coefficient (Wildman–Crippen LogP) is 5.40. The van der Waals surface area contributed by atoms with Crippen molar-refractivity contribution < 1.29 is 75.2 Å². The molecule has 0 bridgehead atoms. The summed E-state index contributed by atoms with van der Waals surface area (Å²) in [4.78, 5) is 108. The number of carbonyl (C=O) groups is 5. The summed E-state index contributed by atoms with van der Waals surface area (Å²) in [5, 5.41) is 17.8. The Morgan fingerprint density at radius 3 is 2.21 bits per heavy atom. The number of alkyl halides is 2. The van der Waals surface area contributed by atoms with Gasteiger partial charge in [0.1, 0.15) is 37.2 Å². The summed E-state index contributed by atoms with van der Waals surface area (Å²) in [6.45, 7) is 13.6. The Kier molecular flexibility index (Phi) is 32.0. The number of pyridine rings is 1. The number of aromatic nitrogens is 8. The fourth-order valence-corrected chi connectivity index (χ4v) is 10.7. The molecule has 7 heterocycles. The Hall–Kier alpha value is -8.24. The number of para-hydroxylation sites is 2. The van der Waals surface area contributed by atoms with Crippen LogP contribution in [0.15, 0.2) is 70.8 Å². The van der Waals surface area contributed by atoms with Crippen molar-refractivity contribution in [3.63, 3.8) is 0 Å². The van der Waals surface area contributed by atoms with Gasteiger partial charge < -0.3 is 63.4 Å². The lowest BCUT2D eigenvalue weighted by atomic mass is 9.92. The average molecular weight is 1500 g/mol. The number of fused-ring (bicyclic) bond motifs is 3. The van der Waals surface area contributed by atoms with Crippen LogP contribution in [0, 0.1) is 23.6 Å². The van der Waals surface area contributed by atoms with Crippen LogP contribution in [0.25, 0.3) is 0 Å². The highest BCUT2D eigenvalue weighted by molar-refractivity contribution is 7.94. The highest BCUT2D eigenvalue weighted by Crippen LogP contribution is 2.38. The molecular weight excluding hydrogens is 1430 g/mol. The lowest BCUT2D eigenvalue weighted by molar-refractivity contribution is -0.193. The predicted molar refractivity (Wildman–Crippen MR) is 370 cm³/mol. The van der Waals surface area contributed by atoms with E-state index in [-0.39, 0.29) is 76.7 Å². The zero-order chi connectivity index (χ0) is 73.4. The molecule has 2 atom stereocenters. The van der Waals surface area contributed by atoms with Crippen molar-refractivity contribution in [1.29, 1.82) is 0 Å². The van der Waals surface area contributed by atoms with Crippen LogP contribution in [0.5, 0.6) is 23.3 Å². The number of methoxy groups -OCH3 is 2. The van der Waals surface area contributed by atoms with Crippen molar-refractivity contribution in [3.05, 3.63) is 88.1 Å². The molecule has 98 heavy (non-hydrogen) atoms. The van der Waals surface area contributed by atoms with E-state index in [1.54, 1.807) is 9.62 Å². The van der Waals surface area contributed by atoms with E-state index in [0.717, 1.165) is 31.0 Å². The third-order valence-electron chi connectivity index (χ3n) is 12.1. The molecular formula is C58H76Cl3FN17O15PS3. The number of carboxylic acid groups (broad SMARTS) is 1. The second kappa shape index (κ2) is 38.2. The van der Waals surface area contributed by atoms with Crippen LogP contribution in [0.4, 0.5) is 44.1 Å². The van der Waals surface area contributed by atoms with Gasteiger partial charge in [-0.25, -0.2) is 23.9 Å². The SMILES string of the molecule is C#CCN1C(=O)COc2cc(F)c(N=c3snc4n3CC(C)(C)C4)cc21.CC1COc2ccccc2N1C(=O)C(Cl)Cl.CCNc1nc(Cl)nc(NC(C)C)n1.COc1cc(OC)nc(NC(=O)NS(=O)(=O)c2ncccc2C(=O)N(C)C)n1.C[S+](C)C.O=C(O)CNCP(=O)([O-])O. The molecule has 5 amide bonds. The zero-order valence-corrected chi connectivity index (χ0v) is 61.1. The molecule has 0 aliphatic carbocycles. The van der Waals surface area contributed by atoms with Crippen molar-refractivity contribution >= 4 is 139 Å².